The molecule has 7 nitrogen and oxygen atoms in total. The van der Waals surface area contributed by atoms with E-state index >= 15 is 0 Å². The van der Waals surface area contributed by atoms with Gasteiger partial charge in [0.2, 0.25) is 0 Å². The van der Waals surface area contributed by atoms with Crippen molar-refractivity contribution >= 4 is 17.4 Å². The Morgan fingerprint density at radius 1 is 1.15 bits per heavy atom. The van der Waals surface area contributed by atoms with E-state index in [2.05, 4.69) is 15.2 Å². The first-order valence-electron chi connectivity index (χ1n) is 7.60. The maximum atomic E-state index is 13.0. The lowest BCUT2D eigenvalue weighted by molar-refractivity contribution is -0.384. The third-order valence-electron chi connectivity index (χ3n) is 3.48. The summed E-state index contributed by atoms with van der Waals surface area (Å²) in [5.74, 6) is 0.296. The van der Waals surface area contributed by atoms with Gasteiger partial charge in [0.05, 0.1) is 4.92 Å². The van der Waals surface area contributed by atoms with E-state index in [1.807, 2.05) is 0 Å². The van der Waals surface area contributed by atoms with Gasteiger partial charge in [-0.05, 0) is 17.7 Å². The summed E-state index contributed by atoms with van der Waals surface area (Å²) in [6.07, 6.45) is -1.54. The Labute approximate surface area is 155 Å². The fraction of sp³-hybridized carbons (Fsp3) is 0.188. The van der Waals surface area contributed by atoms with Crippen LogP contribution in [-0.2, 0) is 12.3 Å². The first-order valence-corrected chi connectivity index (χ1v) is 8.58. The molecule has 3 rings (SSSR count). The molecule has 0 amide bonds. The second-order valence-corrected chi connectivity index (χ2v) is 6.40. The highest BCUT2D eigenvalue weighted by Crippen LogP contribution is 2.30. The van der Waals surface area contributed by atoms with Crippen molar-refractivity contribution in [2.75, 3.05) is 0 Å². The van der Waals surface area contributed by atoms with Gasteiger partial charge in [-0.2, -0.15) is 13.2 Å². The Bertz CT molecular complexity index is 947. The Morgan fingerprint density at radius 2 is 1.89 bits per heavy atom. The number of aromatic nitrogens is 4. The van der Waals surface area contributed by atoms with Gasteiger partial charge in [0.15, 0.2) is 11.0 Å². The SMILES string of the molecule is O=[N+]([O-])c1cccc(CSc2nnc(-c3ccncc3)n2CC(F)(F)F)c1. The van der Waals surface area contributed by atoms with E-state index in [1.54, 1.807) is 18.2 Å². The van der Waals surface area contributed by atoms with Gasteiger partial charge in [0.25, 0.3) is 5.69 Å². The molecule has 2 heterocycles. The Morgan fingerprint density at radius 3 is 2.56 bits per heavy atom. The number of benzene rings is 1. The highest BCUT2D eigenvalue weighted by Gasteiger charge is 2.31. The number of rotatable bonds is 6. The van der Waals surface area contributed by atoms with Gasteiger partial charge >= 0.3 is 6.18 Å². The first kappa shape index (κ1) is 18.8. The average Bonchev–Trinajstić information content (AvgIpc) is 3.01. The highest BCUT2D eigenvalue weighted by molar-refractivity contribution is 7.98. The highest BCUT2D eigenvalue weighted by atomic mass is 32.2. The van der Waals surface area contributed by atoms with Crippen molar-refractivity contribution in [3.05, 3.63) is 64.5 Å². The molecule has 0 N–H and O–H groups in total. The van der Waals surface area contributed by atoms with Crippen molar-refractivity contribution < 1.29 is 18.1 Å². The number of non-ortho nitro benzene ring substituents is 1. The molecule has 0 bridgehead atoms. The van der Waals surface area contributed by atoms with Crippen LogP contribution in [0.3, 0.4) is 0 Å². The zero-order valence-electron chi connectivity index (χ0n) is 13.6. The summed E-state index contributed by atoms with van der Waals surface area (Å²) in [6, 6.07) is 9.01. The smallest absolute Gasteiger partial charge is 0.293 e. The lowest BCUT2D eigenvalue weighted by Gasteiger charge is -2.12. The van der Waals surface area contributed by atoms with Crippen molar-refractivity contribution in [3.8, 4) is 11.4 Å². The van der Waals surface area contributed by atoms with Gasteiger partial charge in [-0.1, -0.05) is 23.9 Å². The molecule has 0 atom stereocenters. The summed E-state index contributed by atoms with van der Waals surface area (Å²) in [6.45, 7) is -1.24. The molecule has 0 fully saturated rings. The Kier molecular flexibility index (Phi) is 5.40. The molecule has 140 valence electrons. The van der Waals surface area contributed by atoms with Crippen LogP contribution in [0.4, 0.5) is 18.9 Å². The molecule has 2 aromatic heterocycles. The molecule has 0 saturated heterocycles. The summed E-state index contributed by atoms with van der Waals surface area (Å²) in [5, 5.41) is 18.7. The average molecular weight is 395 g/mol. The van der Waals surface area contributed by atoms with Crippen LogP contribution in [-0.4, -0.2) is 30.8 Å². The second kappa shape index (κ2) is 7.74. The van der Waals surface area contributed by atoms with Crippen molar-refractivity contribution in [1.29, 1.82) is 0 Å². The quantitative estimate of drug-likeness (QED) is 0.355. The van der Waals surface area contributed by atoms with Crippen LogP contribution in [0.5, 0.6) is 0 Å². The molecule has 0 aliphatic carbocycles. The summed E-state index contributed by atoms with van der Waals surface area (Å²) in [7, 11) is 0. The monoisotopic (exact) mass is 395 g/mol. The van der Waals surface area contributed by atoms with E-state index in [9.17, 15) is 23.3 Å². The topological polar surface area (TPSA) is 86.7 Å². The summed E-state index contributed by atoms with van der Waals surface area (Å²) in [5.41, 5.74) is 0.979. The fourth-order valence-corrected chi connectivity index (χ4v) is 3.22. The molecule has 1 aromatic carbocycles. The zero-order chi connectivity index (χ0) is 19.4. The molecule has 0 spiro atoms. The maximum absolute atomic E-state index is 13.0. The minimum atomic E-state index is -4.45. The molecule has 0 radical (unpaired) electrons. The van der Waals surface area contributed by atoms with Crippen LogP contribution in [0.1, 0.15) is 5.56 Å². The standard InChI is InChI=1S/C16H12F3N5O2S/c17-16(18,19)10-23-14(12-4-6-20-7-5-12)21-22-15(23)27-9-11-2-1-3-13(8-11)24(25)26/h1-8H,9-10H2. The van der Waals surface area contributed by atoms with Crippen LogP contribution < -0.4 is 0 Å². The molecule has 0 aliphatic rings. The largest absolute Gasteiger partial charge is 0.406 e. The number of halogens is 3. The molecule has 11 heteroatoms. The number of nitrogens with zero attached hydrogens (tertiary/aromatic N) is 5. The minimum absolute atomic E-state index is 0.0747. The number of nitro benzene ring substituents is 1. The molecule has 27 heavy (non-hydrogen) atoms. The molecule has 0 unspecified atom stereocenters. The van der Waals surface area contributed by atoms with Crippen LogP contribution in [0, 0.1) is 10.1 Å². The van der Waals surface area contributed by atoms with Gasteiger partial charge in [-0.15, -0.1) is 10.2 Å². The van der Waals surface area contributed by atoms with E-state index in [4.69, 9.17) is 0 Å². The van der Waals surface area contributed by atoms with Crippen molar-refractivity contribution in [1.82, 2.24) is 19.7 Å². The summed E-state index contributed by atoms with van der Waals surface area (Å²) >= 11 is 1.03. The molecular weight excluding hydrogens is 383 g/mol. The van der Waals surface area contributed by atoms with Crippen LogP contribution in [0.15, 0.2) is 53.9 Å². The molecular formula is C16H12F3N5O2S. The molecule has 3 aromatic rings. The van der Waals surface area contributed by atoms with Crippen LogP contribution in [0.2, 0.25) is 0 Å². The number of alkyl halides is 3. The van der Waals surface area contributed by atoms with Crippen LogP contribution in [0.25, 0.3) is 11.4 Å². The lowest BCUT2D eigenvalue weighted by atomic mass is 10.2. The Balaban J connectivity index is 1.88. The first-order chi connectivity index (χ1) is 12.8. The Hall–Kier alpha value is -2.95. The summed E-state index contributed by atoms with van der Waals surface area (Å²) < 4.78 is 40.1. The van der Waals surface area contributed by atoms with Gasteiger partial charge in [0, 0.05) is 35.8 Å². The van der Waals surface area contributed by atoms with Crippen molar-refractivity contribution in [2.45, 2.75) is 23.6 Å². The normalized spacial score (nSPS) is 11.5. The van der Waals surface area contributed by atoms with E-state index in [0.29, 0.717) is 11.1 Å². The van der Waals surface area contributed by atoms with Crippen LogP contribution >= 0.6 is 11.8 Å². The number of pyridine rings is 1. The lowest BCUT2D eigenvalue weighted by Crippen LogP contribution is -2.19. The fourth-order valence-electron chi connectivity index (χ4n) is 2.34. The van der Waals surface area contributed by atoms with Gasteiger partial charge in [0.1, 0.15) is 6.54 Å². The predicted octanol–water partition coefficient (Wildman–Crippen LogP) is 4.10. The maximum Gasteiger partial charge on any atom is 0.406 e. The third kappa shape index (κ3) is 4.82. The van der Waals surface area contributed by atoms with Crippen molar-refractivity contribution in [3.63, 3.8) is 0 Å². The van der Waals surface area contributed by atoms with Crippen molar-refractivity contribution in [2.24, 2.45) is 0 Å². The number of nitro groups is 1. The summed E-state index contributed by atoms with van der Waals surface area (Å²) in [4.78, 5) is 14.2. The number of thioether (sulfide) groups is 1. The number of hydrogen-bond donors (Lipinski definition) is 0. The van der Waals surface area contributed by atoms with E-state index < -0.39 is 17.6 Å². The molecule has 0 aliphatic heterocycles. The third-order valence-corrected chi connectivity index (χ3v) is 4.52. The second-order valence-electron chi connectivity index (χ2n) is 5.46. The van der Waals surface area contributed by atoms with Gasteiger partial charge in [-0.25, -0.2) is 0 Å². The van der Waals surface area contributed by atoms with Gasteiger partial charge in [-0.3, -0.25) is 19.7 Å². The minimum Gasteiger partial charge on any atom is -0.293 e. The predicted molar refractivity (Wildman–Crippen MR) is 92.0 cm³/mol. The van der Waals surface area contributed by atoms with E-state index in [-0.39, 0.29) is 22.4 Å². The van der Waals surface area contributed by atoms with E-state index in [0.717, 1.165) is 16.3 Å². The zero-order valence-corrected chi connectivity index (χ0v) is 14.4. The van der Waals surface area contributed by atoms with Gasteiger partial charge < -0.3 is 0 Å². The molecule has 0 saturated carbocycles. The van der Waals surface area contributed by atoms with E-state index in [1.165, 1.54) is 30.6 Å². The number of hydrogen-bond acceptors (Lipinski definition) is 6.